The van der Waals surface area contributed by atoms with Gasteiger partial charge in [-0.1, -0.05) is 19.3 Å². The molecule has 5 nitrogen and oxygen atoms in total. The fraction of sp³-hybridized carbons (Fsp3) is 0.737. The van der Waals surface area contributed by atoms with Gasteiger partial charge in [-0.05, 0) is 32.7 Å². The summed E-state index contributed by atoms with van der Waals surface area (Å²) in [6.45, 7) is 2.87. The zero-order valence-corrected chi connectivity index (χ0v) is 14.7. The van der Waals surface area contributed by atoms with E-state index in [1.54, 1.807) is 0 Å². The summed E-state index contributed by atoms with van der Waals surface area (Å²) in [7, 11) is 2.14. The number of likely N-dealkylation sites (N-methyl/N-ethyl adjacent to an activating group) is 1. The second-order valence-electron chi connectivity index (χ2n) is 7.71. The van der Waals surface area contributed by atoms with Gasteiger partial charge in [0.05, 0.1) is 6.04 Å². The highest BCUT2D eigenvalue weighted by molar-refractivity contribution is 5.79. The highest BCUT2D eigenvalue weighted by Gasteiger charge is 2.36. The van der Waals surface area contributed by atoms with Gasteiger partial charge in [-0.2, -0.15) is 0 Å². The fourth-order valence-electron chi connectivity index (χ4n) is 4.52. The van der Waals surface area contributed by atoms with Crippen LogP contribution >= 0.6 is 0 Å². The van der Waals surface area contributed by atoms with Crippen molar-refractivity contribution >= 4 is 5.91 Å². The molecule has 1 amide bonds. The van der Waals surface area contributed by atoms with Crippen LogP contribution in [0.4, 0.5) is 0 Å². The average molecular weight is 328 g/mol. The van der Waals surface area contributed by atoms with E-state index < -0.39 is 0 Å². The molecule has 1 aliphatic carbocycles. The lowest BCUT2D eigenvalue weighted by molar-refractivity contribution is -0.137. The average Bonchev–Trinajstić information content (AvgIpc) is 3.11. The van der Waals surface area contributed by atoms with Crippen LogP contribution in [-0.4, -0.2) is 45.8 Å². The Labute approximate surface area is 144 Å². The van der Waals surface area contributed by atoms with Gasteiger partial charge in [0, 0.05) is 49.4 Å². The molecule has 24 heavy (non-hydrogen) atoms. The number of nitrogens with zero attached hydrogens (tertiary/aromatic N) is 4. The molecule has 1 atom stereocenters. The normalized spacial score (nSPS) is 25.7. The number of hydrogen-bond acceptors (Lipinski definition) is 4. The van der Waals surface area contributed by atoms with Crippen molar-refractivity contribution in [3.05, 3.63) is 23.3 Å². The van der Waals surface area contributed by atoms with Gasteiger partial charge in [0.2, 0.25) is 5.91 Å². The van der Waals surface area contributed by atoms with Crippen molar-refractivity contribution in [2.75, 3.05) is 20.1 Å². The van der Waals surface area contributed by atoms with E-state index in [2.05, 4.69) is 21.8 Å². The van der Waals surface area contributed by atoms with E-state index in [0.29, 0.717) is 5.91 Å². The first-order valence-electron chi connectivity index (χ1n) is 9.56. The molecule has 0 spiro atoms. The molecule has 3 heterocycles. The van der Waals surface area contributed by atoms with E-state index in [4.69, 9.17) is 4.98 Å². The fourth-order valence-corrected chi connectivity index (χ4v) is 4.52. The van der Waals surface area contributed by atoms with E-state index in [0.717, 1.165) is 57.6 Å². The van der Waals surface area contributed by atoms with Crippen molar-refractivity contribution in [3.63, 3.8) is 0 Å². The molecule has 0 aromatic carbocycles. The molecule has 0 N–H and O–H groups in total. The highest BCUT2D eigenvalue weighted by atomic mass is 16.2. The lowest BCUT2D eigenvalue weighted by Crippen LogP contribution is -2.37. The van der Waals surface area contributed by atoms with Crippen molar-refractivity contribution in [1.29, 1.82) is 0 Å². The number of aromatic nitrogens is 2. The zero-order valence-electron chi connectivity index (χ0n) is 14.7. The predicted octanol–water partition coefficient (Wildman–Crippen LogP) is 2.71. The third kappa shape index (κ3) is 3.06. The van der Waals surface area contributed by atoms with Gasteiger partial charge in [-0.25, -0.2) is 9.97 Å². The van der Waals surface area contributed by atoms with Crippen molar-refractivity contribution in [1.82, 2.24) is 19.8 Å². The largest absolute Gasteiger partial charge is 0.332 e. The van der Waals surface area contributed by atoms with E-state index in [1.165, 1.54) is 30.5 Å². The minimum Gasteiger partial charge on any atom is -0.332 e. The van der Waals surface area contributed by atoms with E-state index in [-0.39, 0.29) is 12.0 Å². The Morgan fingerprint density at radius 2 is 1.96 bits per heavy atom. The number of rotatable bonds is 2. The monoisotopic (exact) mass is 328 g/mol. The molecule has 0 bridgehead atoms. The molecule has 1 aromatic rings. The maximum absolute atomic E-state index is 13.0. The van der Waals surface area contributed by atoms with Crippen LogP contribution in [0.1, 0.15) is 68.1 Å². The van der Waals surface area contributed by atoms with Crippen LogP contribution in [0.2, 0.25) is 0 Å². The van der Waals surface area contributed by atoms with Gasteiger partial charge in [0.25, 0.3) is 0 Å². The number of amides is 1. The Kier molecular flexibility index (Phi) is 4.53. The molecule has 3 aliphatic rings. The topological polar surface area (TPSA) is 49.3 Å². The summed E-state index contributed by atoms with van der Waals surface area (Å²) in [6.07, 6.45) is 10.9. The summed E-state index contributed by atoms with van der Waals surface area (Å²) in [4.78, 5) is 26.9. The second-order valence-corrected chi connectivity index (χ2v) is 7.71. The van der Waals surface area contributed by atoms with Crippen LogP contribution in [0.15, 0.2) is 6.20 Å². The summed E-state index contributed by atoms with van der Waals surface area (Å²) in [5.41, 5.74) is 2.44. The molecular weight excluding hydrogens is 300 g/mol. The molecule has 1 saturated heterocycles. The molecule has 130 valence electrons. The van der Waals surface area contributed by atoms with Gasteiger partial charge < -0.3 is 9.80 Å². The molecule has 0 radical (unpaired) electrons. The number of hydrogen-bond donors (Lipinski definition) is 0. The van der Waals surface area contributed by atoms with E-state index in [9.17, 15) is 4.79 Å². The van der Waals surface area contributed by atoms with Crippen LogP contribution in [-0.2, 0) is 17.8 Å². The zero-order chi connectivity index (χ0) is 16.5. The predicted molar refractivity (Wildman–Crippen MR) is 92.3 cm³/mol. The lowest BCUT2D eigenvalue weighted by atomic mass is 9.88. The first-order chi connectivity index (χ1) is 11.7. The Balaban J connectivity index is 1.53. The Hall–Kier alpha value is -1.49. The van der Waals surface area contributed by atoms with Crippen LogP contribution in [0, 0.1) is 5.92 Å². The molecule has 2 fully saturated rings. The van der Waals surface area contributed by atoms with E-state index >= 15 is 0 Å². The maximum Gasteiger partial charge on any atom is 0.226 e. The van der Waals surface area contributed by atoms with Gasteiger partial charge in [0.1, 0.15) is 0 Å². The SMILES string of the molecule is CN1CCc2nc([C@@H]3CCCN3C(=O)C3CCCCC3)ncc2C1. The molecule has 0 unspecified atom stereocenters. The van der Waals surface area contributed by atoms with Gasteiger partial charge >= 0.3 is 0 Å². The first kappa shape index (κ1) is 16.0. The molecule has 1 saturated carbocycles. The van der Waals surface area contributed by atoms with Crippen LogP contribution < -0.4 is 0 Å². The Morgan fingerprint density at radius 3 is 2.79 bits per heavy atom. The van der Waals surface area contributed by atoms with Crippen molar-refractivity contribution in [2.24, 2.45) is 5.92 Å². The standard InChI is InChI=1S/C19H28N4O/c1-22-11-9-16-15(13-22)12-20-18(21-16)17-8-5-10-23(17)19(24)14-6-3-2-4-7-14/h12,14,17H,2-11,13H2,1H3/t17-/m0/s1. The van der Waals surface area contributed by atoms with Crippen molar-refractivity contribution in [3.8, 4) is 0 Å². The van der Waals surface area contributed by atoms with Crippen molar-refractivity contribution in [2.45, 2.75) is 64.0 Å². The van der Waals surface area contributed by atoms with Gasteiger partial charge in [0.15, 0.2) is 5.82 Å². The van der Waals surface area contributed by atoms with Gasteiger partial charge in [-0.3, -0.25) is 4.79 Å². The summed E-state index contributed by atoms with van der Waals surface area (Å²) in [6, 6.07) is 0.101. The summed E-state index contributed by atoms with van der Waals surface area (Å²) in [5, 5.41) is 0. The van der Waals surface area contributed by atoms with Crippen LogP contribution in [0.25, 0.3) is 0 Å². The van der Waals surface area contributed by atoms with Crippen molar-refractivity contribution < 1.29 is 4.79 Å². The maximum atomic E-state index is 13.0. The summed E-state index contributed by atoms with van der Waals surface area (Å²) in [5.74, 6) is 1.48. The number of likely N-dealkylation sites (tertiary alicyclic amines) is 1. The molecule has 1 aromatic heterocycles. The number of fused-ring (bicyclic) bond motifs is 1. The molecule has 5 heteroatoms. The molecular formula is C19H28N4O. The molecule has 2 aliphatic heterocycles. The minimum atomic E-state index is 0.101. The van der Waals surface area contributed by atoms with E-state index in [1.807, 2.05) is 6.20 Å². The Bertz CT molecular complexity index is 611. The smallest absolute Gasteiger partial charge is 0.226 e. The summed E-state index contributed by atoms with van der Waals surface area (Å²) < 4.78 is 0. The lowest BCUT2D eigenvalue weighted by Gasteiger charge is -2.30. The quantitative estimate of drug-likeness (QED) is 0.837. The minimum absolute atomic E-state index is 0.101. The summed E-state index contributed by atoms with van der Waals surface area (Å²) >= 11 is 0. The first-order valence-corrected chi connectivity index (χ1v) is 9.56. The molecule has 4 rings (SSSR count). The number of carbonyl (C=O) groups is 1. The third-order valence-corrected chi connectivity index (χ3v) is 5.93. The second kappa shape index (κ2) is 6.79. The highest BCUT2D eigenvalue weighted by Crippen LogP contribution is 2.35. The number of carbonyl (C=O) groups excluding carboxylic acids is 1. The van der Waals surface area contributed by atoms with Gasteiger partial charge in [-0.15, -0.1) is 0 Å². The van der Waals surface area contributed by atoms with Crippen LogP contribution in [0.3, 0.4) is 0 Å². The third-order valence-electron chi connectivity index (χ3n) is 5.93. The van der Waals surface area contributed by atoms with Crippen LogP contribution in [0.5, 0.6) is 0 Å². The Morgan fingerprint density at radius 1 is 1.12 bits per heavy atom.